The lowest BCUT2D eigenvalue weighted by atomic mass is 10.1. The number of ether oxygens (including phenoxy) is 2. The normalized spacial score (nSPS) is 12.6. The molecule has 0 aliphatic heterocycles. The highest BCUT2D eigenvalue weighted by Crippen LogP contribution is 2.30. The number of fused-ring (bicyclic) bond motifs is 1. The molecule has 9 nitrogen and oxygen atoms in total. The Bertz CT molecular complexity index is 1520. The zero-order chi connectivity index (χ0) is 26.2. The van der Waals surface area contributed by atoms with Crippen molar-refractivity contribution >= 4 is 11.2 Å². The molecule has 0 radical (unpaired) electrons. The van der Waals surface area contributed by atoms with E-state index in [-0.39, 0.29) is 36.0 Å². The van der Waals surface area contributed by atoms with E-state index in [4.69, 9.17) is 4.74 Å². The van der Waals surface area contributed by atoms with Crippen molar-refractivity contribution in [3.8, 4) is 17.5 Å². The number of aliphatic hydroxyl groups excluding tert-OH is 1. The summed E-state index contributed by atoms with van der Waals surface area (Å²) in [5.41, 5.74) is 0.508. The summed E-state index contributed by atoms with van der Waals surface area (Å²) in [5.74, 6) is -0.526. The fourth-order valence-corrected chi connectivity index (χ4v) is 3.71. The van der Waals surface area contributed by atoms with Gasteiger partial charge >= 0.3 is 18.1 Å². The van der Waals surface area contributed by atoms with Crippen LogP contribution in [0.25, 0.3) is 11.2 Å². The van der Waals surface area contributed by atoms with Gasteiger partial charge in [-0.05, 0) is 31.5 Å². The molecule has 2 aromatic heterocycles. The Morgan fingerprint density at radius 1 is 1.06 bits per heavy atom. The molecular weight excluding hydrogens is 481 g/mol. The van der Waals surface area contributed by atoms with E-state index < -0.39 is 29.5 Å². The van der Waals surface area contributed by atoms with Crippen molar-refractivity contribution in [1.82, 2.24) is 18.7 Å². The second kappa shape index (κ2) is 9.53. The highest BCUT2D eigenvalue weighted by Gasteiger charge is 2.31. The van der Waals surface area contributed by atoms with Gasteiger partial charge in [0, 0.05) is 13.1 Å². The number of benzene rings is 2. The fraction of sp³-hybridized carbons (Fsp3) is 0.292. The molecule has 0 aliphatic carbocycles. The summed E-state index contributed by atoms with van der Waals surface area (Å²) in [4.78, 5) is 30.3. The average Bonchev–Trinajstić information content (AvgIpc) is 3.13. The minimum atomic E-state index is -4.89. The van der Waals surface area contributed by atoms with Crippen LogP contribution in [0.3, 0.4) is 0 Å². The lowest BCUT2D eigenvalue weighted by molar-refractivity contribution is -0.274. The number of halogens is 3. The van der Waals surface area contributed by atoms with Gasteiger partial charge in [0.2, 0.25) is 0 Å². The van der Waals surface area contributed by atoms with E-state index in [0.29, 0.717) is 0 Å². The molecule has 190 valence electrons. The summed E-state index contributed by atoms with van der Waals surface area (Å²) >= 11 is 0. The van der Waals surface area contributed by atoms with Gasteiger partial charge < -0.3 is 14.6 Å². The van der Waals surface area contributed by atoms with Gasteiger partial charge in [0.25, 0.3) is 5.56 Å². The van der Waals surface area contributed by atoms with Gasteiger partial charge in [-0.15, -0.1) is 13.2 Å². The van der Waals surface area contributed by atoms with Crippen molar-refractivity contribution in [1.29, 1.82) is 0 Å². The molecule has 0 spiro atoms. The molecule has 1 unspecified atom stereocenters. The molecule has 2 heterocycles. The quantitative estimate of drug-likeness (QED) is 0.415. The molecule has 36 heavy (non-hydrogen) atoms. The van der Waals surface area contributed by atoms with Crippen LogP contribution in [0.2, 0.25) is 0 Å². The minimum absolute atomic E-state index is 0.0196. The standard InChI is InChI=1S/C24H23F3N4O5/c1-14-7-9-16(10-8-14)13-30-19-20(31(12-15(2)32)23(34)29(3)21(19)33)28-22(30)35-17-5-4-6-18(11-17)36-24(25,26)27/h4-11,15,32H,12-13H2,1-3H3. The zero-order valence-corrected chi connectivity index (χ0v) is 19.6. The Labute approximate surface area is 202 Å². The fourth-order valence-electron chi connectivity index (χ4n) is 3.71. The molecule has 2 aromatic carbocycles. The second-order valence-electron chi connectivity index (χ2n) is 8.37. The van der Waals surface area contributed by atoms with Crippen molar-refractivity contribution < 1.29 is 27.8 Å². The van der Waals surface area contributed by atoms with Crippen molar-refractivity contribution in [2.75, 3.05) is 0 Å². The lowest BCUT2D eigenvalue weighted by Crippen LogP contribution is -2.40. The number of hydrogen-bond donors (Lipinski definition) is 1. The van der Waals surface area contributed by atoms with Crippen LogP contribution in [-0.4, -0.2) is 36.3 Å². The molecule has 0 fully saturated rings. The number of rotatable bonds is 7. The largest absolute Gasteiger partial charge is 0.573 e. The summed E-state index contributed by atoms with van der Waals surface area (Å²) in [7, 11) is 1.31. The first-order valence-electron chi connectivity index (χ1n) is 10.9. The Balaban J connectivity index is 1.90. The Kier molecular flexibility index (Phi) is 6.63. The third kappa shape index (κ3) is 5.28. The van der Waals surface area contributed by atoms with E-state index in [1.54, 1.807) is 0 Å². The highest BCUT2D eigenvalue weighted by atomic mass is 19.4. The van der Waals surface area contributed by atoms with Crippen molar-refractivity contribution in [2.24, 2.45) is 7.05 Å². The Morgan fingerprint density at radius 2 is 1.72 bits per heavy atom. The minimum Gasteiger partial charge on any atom is -0.425 e. The van der Waals surface area contributed by atoms with Crippen LogP contribution in [0.1, 0.15) is 18.1 Å². The van der Waals surface area contributed by atoms with E-state index in [2.05, 4.69) is 9.72 Å². The Hall–Kier alpha value is -4.06. The molecule has 4 aromatic rings. The number of hydrogen-bond acceptors (Lipinski definition) is 6. The van der Waals surface area contributed by atoms with Crippen LogP contribution < -0.4 is 20.7 Å². The SMILES string of the molecule is Cc1ccc(Cn2c(Oc3cccc(OC(F)(F)F)c3)nc3c2c(=O)n(C)c(=O)n3CC(C)O)cc1. The van der Waals surface area contributed by atoms with E-state index in [1.165, 1.54) is 30.7 Å². The van der Waals surface area contributed by atoms with Gasteiger partial charge in [-0.25, -0.2) is 4.79 Å². The number of aromatic nitrogens is 4. The van der Waals surface area contributed by atoms with Crippen LogP contribution in [0.15, 0.2) is 58.1 Å². The maximum Gasteiger partial charge on any atom is 0.573 e. The molecule has 0 bridgehead atoms. The third-order valence-corrected chi connectivity index (χ3v) is 5.35. The van der Waals surface area contributed by atoms with Crippen LogP contribution in [-0.2, 0) is 20.1 Å². The maximum atomic E-state index is 13.2. The van der Waals surface area contributed by atoms with Gasteiger partial charge in [-0.3, -0.25) is 18.5 Å². The topological polar surface area (TPSA) is 101 Å². The number of imidazole rings is 1. The number of alkyl halides is 3. The number of aliphatic hydroxyl groups is 1. The third-order valence-electron chi connectivity index (χ3n) is 5.35. The van der Waals surface area contributed by atoms with Gasteiger partial charge in [0.05, 0.1) is 19.2 Å². The summed E-state index contributed by atoms with van der Waals surface area (Å²) < 4.78 is 51.3. The van der Waals surface area contributed by atoms with Gasteiger partial charge in [0.1, 0.15) is 11.5 Å². The van der Waals surface area contributed by atoms with E-state index >= 15 is 0 Å². The first-order valence-corrected chi connectivity index (χ1v) is 10.9. The van der Waals surface area contributed by atoms with Crippen molar-refractivity contribution in [3.05, 3.63) is 80.5 Å². The molecule has 0 amide bonds. The predicted octanol–water partition coefficient (Wildman–Crippen LogP) is 3.33. The first-order chi connectivity index (χ1) is 16.9. The monoisotopic (exact) mass is 504 g/mol. The molecule has 4 rings (SSSR count). The van der Waals surface area contributed by atoms with E-state index in [9.17, 15) is 27.9 Å². The van der Waals surface area contributed by atoms with Crippen LogP contribution in [0.5, 0.6) is 17.5 Å². The summed E-state index contributed by atoms with van der Waals surface area (Å²) in [6.45, 7) is 3.38. The summed E-state index contributed by atoms with van der Waals surface area (Å²) in [6.07, 6.45) is -5.81. The maximum absolute atomic E-state index is 13.2. The van der Waals surface area contributed by atoms with E-state index in [1.807, 2.05) is 31.2 Å². The summed E-state index contributed by atoms with van der Waals surface area (Å²) in [6, 6.07) is 12.2. The number of aryl methyl sites for hydroxylation is 1. The lowest BCUT2D eigenvalue weighted by Gasteiger charge is -2.13. The smallest absolute Gasteiger partial charge is 0.425 e. The highest BCUT2D eigenvalue weighted by molar-refractivity contribution is 5.72. The van der Waals surface area contributed by atoms with Gasteiger partial charge in [0.15, 0.2) is 11.2 Å². The Morgan fingerprint density at radius 3 is 2.36 bits per heavy atom. The van der Waals surface area contributed by atoms with Crippen molar-refractivity contribution in [2.45, 2.75) is 39.4 Å². The van der Waals surface area contributed by atoms with Crippen LogP contribution in [0.4, 0.5) is 13.2 Å². The average molecular weight is 504 g/mol. The molecule has 0 saturated heterocycles. The molecule has 0 aliphatic rings. The molecule has 12 heteroatoms. The second-order valence-corrected chi connectivity index (χ2v) is 8.37. The van der Waals surface area contributed by atoms with Crippen LogP contribution in [0, 0.1) is 6.92 Å². The van der Waals surface area contributed by atoms with Gasteiger partial charge in [-0.1, -0.05) is 35.9 Å². The molecule has 1 N–H and O–H groups in total. The number of nitrogens with zero attached hydrogens (tertiary/aromatic N) is 4. The van der Waals surface area contributed by atoms with Gasteiger partial charge in [-0.2, -0.15) is 4.98 Å². The van der Waals surface area contributed by atoms with Crippen molar-refractivity contribution in [3.63, 3.8) is 0 Å². The molecule has 1 atom stereocenters. The van der Waals surface area contributed by atoms with E-state index in [0.717, 1.165) is 32.4 Å². The molecular formula is C24H23F3N4O5. The van der Waals surface area contributed by atoms with Crippen LogP contribution >= 0.6 is 0 Å². The first kappa shape index (κ1) is 25.0. The molecule has 0 saturated carbocycles. The summed E-state index contributed by atoms with van der Waals surface area (Å²) in [5, 5.41) is 9.93. The zero-order valence-electron chi connectivity index (χ0n) is 19.6. The predicted molar refractivity (Wildman–Crippen MR) is 124 cm³/mol.